The fraction of sp³-hybridized carbons (Fsp3) is 0.700. The Morgan fingerprint density at radius 3 is 3.08 bits per heavy atom. The summed E-state index contributed by atoms with van der Waals surface area (Å²) >= 11 is 0. The number of carbonyl (C=O) groups is 1. The monoisotopic (exact) mass is 165 g/mol. The summed E-state index contributed by atoms with van der Waals surface area (Å²) in [6.07, 6.45) is 10.5. The van der Waals surface area contributed by atoms with Gasteiger partial charge in [-0.25, -0.2) is 0 Å². The zero-order valence-corrected chi connectivity index (χ0v) is 7.33. The van der Waals surface area contributed by atoms with Gasteiger partial charge in [-0.15, -0.1) is 6.42 Å². The molecular weight excluding hydrogens is 150 g/mol. The third kappa shape index (κ3) is 2.35. The highest BCUT2D eigenvalue weighted by Crippen LogP contribution is 2.17. The molecule has 0 aromatic rings. The third-order valence-corrected chi connectivity index (χ3v) is 2.41. The van der Waals surface area contributed by atoms with E-state index in [1.807, 2.05) is 0 Å². The fourth-order valence-electron chi connectivity index (χ4n) is 1.76. The second-order valence-electron chi connectivity index (χ2n) is 3.23. The van der Waals surface area contributed by atoms with Gasteiger partial charge < -0.3 is 4.79 Å². The Hall–Kier alpha value is -0.810. The molecule has 1 aliphatic heterocycles. The van der Waals surface area contributed by atoms with Gasteiger partial charge in [0.2, 0.25) is 0 Å². The molecule has 0 saturated carbocycles. The van der Waals surface area contributed by atoms with Crippen LogP contribution in [0.3, 0.4) is 0 Å². The molecule has 12 heavy (non-hydrogen) atoms. The van der Waals surface area contributed by atoms with Crippen LogP contribution in [-0.4, -0.2) is 30.3 Å². The van der Waals surface area contributed by atoms with Crippen molar-refractivity contribution >= 4 is 6.29 Å². The van der Waals surface area contributed by atoms with E-state index in [0.717, 1.165) is 19.3 Å². The summed E-state index contributed by atoms with van der Waals surface area (Å²) in [5.74, 6) is 2.64. The maximum absolute atomic E-state index is 10.3. The lowest BCUT2D eigenvalue weighted by atomic mass is 10.00. The van der Waals surface area contributed by atoms with E-state index in [1.165, 1.54) is 12.8 Å². The molecule has 1 heterocycles. The lowest BCUT2D eigenvalue weighted by molar-refractivity contribution is -0.109. The molecule has 0 aromatic carbocycles. The Bertz CT molecular complexity index is 183. The van der Waals surface area contributed by atoms with Gasteiger partial charge in [0, 0.05) is 12.5 Å². The van der Waals surface area contributed by atoms with E-state index in [0.29, 0.717) is 19.0 Å². The van der Waals surface area contributed by atoms with Crippen molar-refractivity contribution in [3.63, 3.8) is 0 Å². The highest BCUT2D eigenvalue weighted by Gasteiger charge is 2.20. The first-order valence-electron chi connectivity index (χ1n) is 4.49. The van der Waals surface area contributed by atoms with Crippen molar-refractivity contribution in [3.8, 4) is 12.3 Å². The number of terminal acetylenes is 1. The smallest absolute Gasteiger partial charge is 0.121 e. The topological polar surface area (TPSA) is 20.3 Å². The minimum atomic E-state index is 0.410. The number of aldehydes is 1. The largest absolute Gasteiger partial charge is 0.303 e. The van der Waals surface area contributed by atoms with Crippen molar-refractivity contribution in [1.82, 2.24) is 4.90 Å². The van der Waals surface area contributed by atoms with Crippen LogP contribution in [0.25, 0.3) is 0 Å². The predicted molar refractivity (Wildman–Crippen MR) is 48.7 cm³/mol. The van der Waals surface area contributed by atoms with Gasteiger partial charge in [0.15, 0.2) is 0 Å². The van der Waals surface area contributed by atoms with Gasteiger partial charge in [0.1, 0.15) is 6.29 Å². The third-order valence-electron chi connectivity index (χ3n) is 2.41. The molecular formula is C10H15NO. The molecule has 2 heteroatoms. The lowest BCUT2D eigenvalue weighted by Crippen LogP contribution is -2.39. The van der Waals surface area contributed by atoms with E-state index in [-0.39, 0.29) is 0 Å². The molecule has 1 saturated heterocycles. The van der Waals surface area contributed by atoms with Crippen molar-refractivity contribution in [1.29, 1.82) is 0 Å². The van der Waals surface area contributed by atoms with Crippen molar-refractivity contribution in [2.75, 3.05) is 13.1 Å². The number of rotatable bonds is 3. The van der Waals surface area contributed by atoms with Crippen LogP contribution in [0.2, 0.25) is 0 Å². The normalized spacial score (nSPS) is 24.8. The molecule has 1 aliphatic rings. The van der Waals surface area contributed by atoms with Crippen LogP contribution < -0.4 is 0 Å². The minimum absolute atomic E-state index is 0.410. The lowest BCUT2D eigenvalue weighted by Gasteiger charge is -2.33. The maximum Gasteiger partial charge on any atom is 0.121 e. The van der Waals surface area contributed by atoms with Crippen molar-refractivity contribution in [2.45, 2.75) is 31.7 Å². The number of carbonyl (C=O) groups excluding carboxylic acids is 1. The van der Waals surface area contributed by atoms with E-state index in [2.05, 4.69) is 10.8 Å². The van der Waals surface area contributed by atoms with Gasteiger partial charge >= 0.3 is 0 Å². The predicted octanol–water partition coefficient (Wildman–Crippen LogP) is 1.06. The van der Waals surface area contributed by atoms with Crippen LogP contribution in [0.1, 0.15) is 25.7 Å². The summed E-state index contributed by atoms with van der Waals surface area (Å²) in [7, 11) is 0. The molecule has 1 rings (SSSR count). The van der Waals surface area contributed by atoms with Gasteiger partial charge in [-0.05, 0) is 19.4 Å². The molecule has 1 unspecified atom stereocenters. The van der Waals surface area contributed by atoms with Gasteiger partial charge in [-0.1, -0.05) is 12.3 Å². The van der Waals surface area contributed by atoms with Crippen molar-refractivity contribution in [2.24, 2.45) is 0 Å². The Morgan fingerprint density at radius 2 is 2.42 bits per heavy atom. The molecule has 1 atom stereocenters. The van der Waals surface area contributed by atoms with Crippen LogP contribution in [0.15, 0.2) is 0 Å². The first-order valence-corrected chi connectivity index (χ1v) is 4.49. The van der Waals surface area contributed by atoms with E-state index in [1.54, 1.807) is 0 Å². The minimum Gasteiger partial charge on any atom is -0.303 e. The molecule has 0 aromatic heterocycles. The van der Waals surface area contributed by atoms with Gasteiger partial charge in [0.25, 0.3) is 0 Å². The fourth-order valence-corrected chi connectivity index (χ4v) is 1.76. The molecule has 0 radical (unpaired) electrons. The Balaban J connectivity index is 2.43. The van der Waals surface area contributed by atoms with E-state index < -0.39 is 0 Å². The Morgan fingerprint density at radius 1 is 1.58 bits per heavy atom. The summed E-state index contributed by atoms with van der Waals surface area (Å²) in [6, 6.07) is 0.410. The quantitative estimate of drug-likeness (QED) is 0.460. The van der Waals surface area contributed by atoms with E-state index in [4.69, 9.17) is 6.42 Å². The van der Waals surface area contributed by atoms with Gasteiger partial charge in [-0.2, -0.15) is 0 Å². The van der Waals surface area contributed by atoms with Crippen LogP contribution >= 0.6 is 0 Å². The van der Waals surface area contributed by atoms with Gasteiger partial charge in [0.05, 0.1) is 6.54 Å². The molecule has 0 bridgehead atoms. The summed E-state index contributed by atoms with van der Waals surface area (Å²) in [4.78, 5) is 12.6. The molecule has 2 nitrogen and oxygen atoms in total. The SMILES string of the molecule is C#CCN1CCCCC1CC=O. The summed E-state index contributed by atoms with van der Waals surface area (Å²) in [5.41, 5.74) is 0. The first kappa shape index (κ1) is 9.28. The van der Waals surface area contributed by atoms with E-state index in [9.17, 15) is 4.79 Å². The van der Waals surface area contributed by atoms with Crippen molar-refractivity contribution in [3.05, 3.63) is 0 Å². The average molecular weight is 165 g/mol. The zero-order chi connectivity index (χ0) is 8.81. The molecule has 0 aliphatic carbocycles. The average Bonchev–Trinajstić information content (AvgIpc) is 2.09. The molecule has 66 valence electrons. The second kappa shape index (κ2) is 4.95. The summed E-state index contributed by atoms with van der Waals surface area (Å²) < 4.78 is 0. The second-order valence-corrected chi connectivity index (χ2v) is 3.23. The van der Waals surface area contributed by atoms with Crippen LogP contribution in [0, 0.1) is 12.3 Å². The highest BCUT2D eigenvalue weighted by atomic mass is 16.1. The molecule has 0 amide bonds. The highest BCUT2D eigenvalue weighted by molar-refractivity contribution is 5.50. The maximum atomic E-state index is 10.3. The van der Waals surface area contributed by atoms with Crippen LogP contribution in [-0.2, 0) is 4.79 Å². The van der Waals surface area contributed by atoms with Crippen LogP contribution in [0.5, 0.6) is 0 Å². The Kier molecular flexibility index (Phi) is 3.83. The molecule has 0 spiro atoms. The summed E-state index contributed by atoms with van der Waals surface area (Å²) in [6.45, 7) is 1.75. The standard InChI is InChI=1S/C10H15NO/c1-2-7-11-8-4-3-5-10(11)6-9-12/h1,9-10H,3-8H2. The molecule has 0 N–H and O–H groups in total. The van der Waals surface area contributed by atoms with E-state index >= 15 is 0 Å². The number of hydrogen-bond acceptors (Lipinski definition) is 2. The Labute approximate surface area is 73.9 Å². The first-order chi connectivity index (χ1) is 5.88. The van der Waals surface area contributed by atoms with Crippen molar-refractivity contribution < 1.29 is 4.79 Å². The number of piperidine rings is 1. The number of likely N-dealkylation sites (tertiary alicyclic amines) is 1. The van der Waals surface area contributed by atoms with Crippen LogP contribution in [0.4, 0.5) is 0 Å². The summed E-state index contributed by atoms with van der Waals surface area (Å²) in [5, 5.41) is 0. The van der Waals surface area contributed by atoms with Gasteiger partial charge in [-0.3, -0.25) is 4.90 Å². The zero-order valence-electron chi connectivity index (χ0n) is 7.33. The molecule has 1 fully saturated rings. The number of hydrogen-bond donors (Lipinski definition) is 0. The number of nitrogens with zero attached hydrogens (tertiary/aromatic N) is 1.